The normalized spacial score (nSPS) is 18.7. The van der Waals surface area contributed by atoms with E-state index in [1.165, 1.54) is 22.3 Å². The smallest absolute Gasteiger partial charge is 0.410 e. The first-order valence-electron chi connectivity index (χ1n) is 14.5. The van der Waals surface area contributed by atoms with Crippen molar-refractivity contribution in [3.05, 3.63) is 40.5 Å². The lowest BCUT2D eigenvalue weighted by atomic mass is 10.0. The van der Waals surface area contributed by atoms with Crippen LogP contribution in [0.3, 0.4) is 0 Å². The summed E-state index contributed by atoms with van der Waals surface area (Å²) in [7, 11) is -4.88. The third kappa shape index (κ3) is 8.54. The fourth-order valence-electron chi connectivity index (χ4n) is 5.40. The lowest BCUT2D eigenvalue weighted by Gasteiger charge is -2.36. The minimum atomic E-state index is -4.93. The van der Waals surface area contributed by atoms with Gasteiger partial charge in [-0.3, -0.25) is 0 Å². The van der Waals surface area contributed by atoms with Crippen LogP contribution in [0.5, 0.6) is 5.75 Å². The van der Waals surface area contributed by atoms with Gasteiger partial charge in [0.15, 0.2) is 11.6 Å². The maximum Gasteiger partial charge on any atom is 0.410 e. The standard InChI is InChI=1S/C29H34F4N6O5S2/c1-16-35-25(37-21-8-9-23(20-7-5-6-19(20)21)44-46(41,42)15-29(31,32)33)24(45-16)22-10-11-34-26(38-22)36-18-12-17(30)13-39(14-18)27(40)43-28(2,3)4/h8-11,17-18,37H,5-7,12-15H2,1-4H3,(H,34,36,38)/t17-,18-/m0/s1. The average molecular weight is 687 g/mol. The van der Waals surface area contributed by atoms with E-state index in [4.69, 9.17) is 8.92 Å². The topological polar surface area (TPSA) is 136 Å². The van der Waals surface area contributed by atoms with E-state index < -0.39 is 46.0 Å². The first-order chi connectivity index (χ1) is 21.4. The summed E-state index contributed by atoms with van der Waals surface area (Å²) < 4.78 is 87.2. The number of nitrogens with one attached hydrogen (secondary N) is 2. The summed E-state index contributed by atoms with van der Waals surface area (Å²) in [6.07, 6.45) is -3.40. The Morgan fingerprint density at radius 1 is 1.11 bits per heavy atom. The Bertz CT molecular complexity index is 1710. The summed E-state index contributed by atoms with van der Waals surface area (Å²) in [5.41, 5.74) is 1.68. The summed E-state index contributed by atoms with van der Waals surface area (Å²) in [6, 6.07) is 4.13. The number of amides is 1. The molecule has 2 N–H and O–H groups in total. The number of fused-ring (bicyclic) bond motifs is 1. The quantitative estimate of drug-likeness (QED) is 0.209. The third-order valence-electron chi connectivity index (χ3n) is 7.06. The monoisotopic (exact) mass is 686 g/mol. The van der Waals surface area contributed by atoms with Crippen molar-refractivity contribution in [2.75, 3.05) is 29.5 Å². The van der Waals surface area contributed by atoms with Gasteiger partial charge < -0.3 is 24.5 Å². The van der Waals surface area contributed by atoms with Crippen LogP contribution in [-0.2, 0) is 27.7 Å². The third-order valence-corrected chi connectivity index (χ3v) is 9.17. The van der Waals surface area contributed by atoms with Crippen LogP contribution in [0.2, 0.25) is 0 Å². The minimum Gasteiger partial charge on any atom is -0.444 e. The van der Waals surface area contributed by atoms with Crippen LogP contribution in [0.25, 0.3) is 10.6 Å². The van der Waals surface area contributed by atoms with Gasteiger partial charge in [-0.1, -0.05) is 0 Å². The molecule has 2 aromatic heterocycles. The maximum absolute atomic E-state index is 14.6. The number of rotatable bonds is 8. The maximum atomic E-state index is 14.6. The van der Waals surface area contributed by atoms with Crippen LogP contribution in [0, 0.1) is 6.92 Å². The molecule has 2 atom stereocenters. The molecule has 46 heavy (non-hydrogen) atoms. The van der Waals surface area contributed by atoms with E-state index in [1.54, 1.807) is 39.1 Å². The summed E-state index contributed by atoms with van der Waals surface area (Å²) in [5, 5.41) is 7.15. The molecule has 2 aliphatic rings. The Labute approximate surface area is 267 Å². The molecule has 0 bridgehead atoms. The van der Waals surface area contributed by atoms with Crippen molar-refractivity contribution >= 4 is 45.0 Å². The molecule has 0 spiro atoms. The number of benzene rings is 1. The number of ether oxygens (including phenoxy) is 1. The van der Waals surface area contributed by atoms with Gasteiger partial charge in [0, 0.05) is 36.5 Å². The Balaban J connectivity index is 1.34. The first-order valence-corrected chi connectivity index (χ1v) is 16.9. The largest absolute Gasteiger partial charge is 0.444 e. The van der Waals surface area contributed by atoms with E-state index in [2.05, 4.69) is 25.6 Å². The first kappa shape index (κ1) is 33.6. The number of thiazole rings is 1. The van der Waals surface area contributed by atoms with Crippen molar-refractivity contribution in [2.24, 2.45) is 0 Å². The Morgan fingerprint density at radius 2 is 1.85 bits per heavy atom. The van der Waals surface area contributed by atoms with Crippen LogP contribution >= 0.6 is 11.3 Å². The highest BCUT2D eigenvalue weighted by Gasteiger charge is 2.37. The molecule has 3 heterocycles. The number of hydrogen-bond donors (Lipinski definition) is 2. The van der Waals surface area contributed by atoms with Gasteiger partial charge in [0.25, 0.3) is 0 Å². The zero-order chi connectivity index (χ0) is 33.4. The number of piperidine rings is 1. The molecule has 1 fully saturated rings. The van der Waals surface area contributed by atoms with E-state index >= 15 is 0 Å². The molecular weight excluding hydrogens is 652 g/mol. The summed E-state index contributed by atoms with van der Waals surface area (Å²) in [5.74, 6) is -1.49. The van der Waals surface area contributed by atoms with Gasteiger partial charge in [-0.2, -0.15) is 21.6 Å². The van der Waals surface area contributed by atoms with Gasteiger partial charge in [-0.15, -0.1) is 11.3 Å². The highest BCUT2D eigenvalue weighted by atomic mass is 32.2. The number of carbonyl (C=O) groups is 1. The lowest BCUT2D eigenvalue weighted by Crippen LogP contribution is -2.51. The van der Waals surface area contributed by atoms with Crippen LogP contribution in [-0.4, -0.2) is 77.2 Å². The highest BCUT2D eigenvalue weighted by Crippen LogP contribution is 2.41. The van der Waals surface area contributed by atoms with Crippen LogP contribution in [0.4, 0.5) is 39.8 Å². The van der Waals surface area contributed by atoms with Gasteiger partial charge in [-0.05, 0) is 70.7 Å². The fourth-order valence-corrected chi connectivity index (χ4v) is 7.14. The van der Waals surface area contributed by atoms with Gasteiger partial charge >= 0.3 is 22.4 Å². The van der Waals surface area contributed by atoms with Crippen molar-refractivity contribution in [3.8, 4) is 16.3 Å². The SMILES string of the molecule is Cc1nc(Nc2ccc(OS(=O)(=O)CC(F)(F)F)c3c2CCC3)c(-c2ccnc(N[C@H]3C[C@H](F)CN(C(=O)OC(C)(C)C)C3)n2)s1. The number of hydrogen-bond acceptors (Lipinski definition) is 11. The van der Waals surface area contributed by atoms with E-state index in [-0.39, 0.29) is 31.2 Å². The van der Waals surface area contributed by atoms with Crippen molar-refractivity contribution in [1.82, 2.24) is 19.9 Å². The minimum absolute atomic E-state index is 0.0661. The summed E-state index contributed by atoms with van der Waals surface area (Å²) in [4.78, 5) is 28.1. The molecule has 1 amide bonds. The van der Waals surface area contributed by atoms with Crippen molar-refractivity contribution in [2.45, 2.75) is 77.4 Å². The molecule has 11 nitrogen and oxygen atoms in total. The predicted octanol–water partition coefficient (Wildman–Crippen LogP) is 6.17. The molecule has 250 valence electrons. The Morgan fingerprint density at radius 3 is 2.57 bits per heavy atom. The van der Waals surface area contributed by atoms with E-state index in [9.17, 15) is 30.8 Å². The molecular formula is C29H34F4N6O5S2. The number of alkyl halides is 4. The molecule has 0 unspecified atom stereocenters. The number of halogens is 4. The van der Waals surface area contributed by atoms with E-state index in [0.29, 0.717) is 46.9 Å². The van der Waals surface area contributed by atoms with E-state index in [0.717, 1.165) is 10.6 Å². The molecule has 1 saturated heterocycles. The van der Waals surface area contributed by atoms with Crippen molar-refractivity contribution in [1.29, 1.82) is 0 Å². The van der Waals surface area contributed by atoms with E-state index in [1.807, 2.05) is 6.92 Å². The molecule has 1 aromatic carbocycles. The van der Waals surface area contributed by atoms with Gasteiger partial charge in [0.05, 0.1) is 22.1 Å². The fraction of sp³-hybridized carbons (Fsp3) is 0.517. The predicted molar refractivity (Wildman–Crippen MR) is 165 cm³/mol. The van der Waals surface area contributed by atoms with Crippen molar-refractivity contribution in [3.63, 3.8) is 0 Å². The van der Waals surface area contributed by atoms with Gasteiger partial charge in [0.2, 0.25) is 5.95 Å². The zero-order valence-electron chi connectivity index (χ0n) is 25.6. The average Bonchev–Trinajstić information content (AvgIpc) is 3.55. The van der Waals surface area contributed by atoms with Gasteiger partial charge in [0.1, 0.15) is 17.5 Å². The molecule has 3 aromatic rings. The molecule has 1 aliphatic carbocycles. The lowest BCUT2D eigenvalue weighted by molar-refractivity contribution is -0.107. The van der Waals surface area contributed by atoms with Crippen LogP contribution in [0.15, 0.2) is 24.4 Å². The number of nitrogens with zero attached hydrogens (tertiary/aromatic N) is 4. The summed E-state index contributed by atoms with van der Waals surface area (Å²) >= 11 is 1.37. The number of anilines is 3. The zero-order valence-corrected chi connectivity index (χ0v) is 27.2. The second-order valence-corrected chi connectivity index (χ2v) is 15.0. The molecule has 0 saturated carbocycles. The second kappa shape index (κ2) is 12.8. The molecule has 1 aliphatic heterocycles. The Hall–Kier alpha value is -3.73. The number of aryl methyl sites for hydroxylation is 1. The summed E-state index contributed by atoms with van der Waals surface area (Å²) in [6.45, 7) is 7.19. The van der Waals surface area contributed by atoms with Crippen molar-refractivity contribution < 1.29 is 39.7 Å². The number of carbonyl (C=O) groups excluding carboxylic acids is 1. The number of aromatic nitrogens is 3. The Kier molecular flexibility index (Phi) is 9.37. The van der Waals surface area contributed by atoms with Crippen LogP contribution in [0.1, 0.15) is 49.7 Å². The van der Waals surface area contributed by atoms with Gasteiger partial charge in [-0.25, -0.2) is 24.1 Å². The number of likely N-dealkylation sites (tertiary alicyclic amines) is 1. The molecule has 17 heteroatoms. The molecule has 5 rings (SSSR count). The second-order valence-electron chi connectivity index (χ2n) is 12.2. The van der Waals surface area contributed by atoms with Crippen LogP contribution < -0.4 is 14.8 Å². The highest BCUT2D eigenvalue weighted by molar-refractivity contribution is 7.87. The molecule has 0 radical (unpaired) electrons.